The van der Waals surface area contributed by atoms with Crippen LogP contribution in [0.3, 0.4) is 0 Å². The van der Waals surface area contributed by atoms with Gasteiger partial charge in [0.1, 0.15) is 5.82 Å². The van der Waals surface area contributed by atoms with E-state index < -0.39 is 0 Å². The van der Waals surface area contributed by atoms with Gasteiger partial charge >= 0.3 is 0 Å². The Bertz CT molecular complexity index is 825. The molecule has 2 amide bonds. The number of nitrogens with one attached hydrogen (secondary N) is 3. The number of carbonyl (C=O) groups excluding carboxylic acids is 2. The molecule has 0 bridgehead atoms. The molecule has 1 unspecified atom stereocenters. The Morgan fingerprint density at radius 2 is 1.86 bits per heavy atom. The Balaban J connectivity index is 1.40. The smallest absolute Gasteiger partial charge is 0.254 e. The number of fused-ring (bicyclic) bond motifs is 1. The molecule has 2 aromatic rings. The lowest BCUT2D eigenvalue weighted by atomic mass is 9.98. The number of nitrogens with zero attached hydrogens (tertiary/aromatic N) is 2. The van der Waals surface area contributed by atoms with Gasteiger partial charge in [0, 0.05) is 31.0 Å². The highest BCUT2D eigenvalue weighted by Crippen LogP contribution is 2.30. The van der Waals surface area contributed by atoms with E-state index in [0.29, 0.717) is 24.4 Å². The van der Waals surface area contributed by atoms with Gasteiger partial charge in [0.25, 0.3) is 5.91 Å². The largest absolute Gasteiger partial charge is 0.375 e. The average Bonchev–Trinajstić information content (AvgIpc) is 2.77. The fourth-order valence-corrected chi connectivity index (χ4v) is 3.39. The Hall–Kier alpha value is -3.00. The van der Waals surface area contributed by atoms with Gasteiger partial charge in [-0.15, -0.1) is 0 Å². The van der Waals surface area contributed by atoms with E-state index in [1.807, 2.05) is 12.1 Å². The Morgan fingerprint density at radius 3 is 2.66 bits per heavy atom. The minimum Gasteiger partial charge on any atom is -0.375 e. The zero-order valence-electron chi connectivity index (χ0n) is 16.4. The predicted molar refractivity (Wildman–Crippen MR) is 109 cm³/mol. The first kappa shape index (κ1) is 20.7. The molecule has 0 saturated carbocycles. The summed E-state index contributed by atoms with van der Waals surface area (Å²) in [6.07, 6.45) is 8.69. The maximum atomic E-state index is 12.2. The molecule has 0 spiro atoms. The van der Waals surface area contributed by atoms with Crippen molar-refractivity contribution < 1.29 is 14.8 Å². The van der Waals surface area contributed by atoms with Crippen LogP contribution in [0.15, 0.2) is 36.7 Å². The molecule has 1 aliphatic heterocycles. The number of hydrogen-bond acceptors (Lipinski definition) is 6. The van der Waals surface area contributed by atoms with Crippen molar-refractivity contribution in [3.63, 3.8) is 0 Å². The van der Waals surface area contributed by atoms with Gasteiger partial charge < -0.3 is 10.6 Å². The van der Waals surface area contributed by atoms with Crippen LogP contribution in [-0.4, -0.2) is 33.5 Å². The molecular formula is C21H27N5O3. The van der Waals surface area contributed by atoms with Crippen LogP contribution in [0.25, 0.3) is 0 Å². The van der Waals surface area contributed by atoms with Crippen LogP contribution in [-0.2, 0) is 11.2 Å². The lowest BCUT2D eigenvalue weighted by molar-refractivity contribution is -0.129. The molecule has 4 N–H and O–H groups in total. The SMILES string of the molecule is O=C(CCCCCCNC(=O)c1cnc(C2CCc3ccccc3N2)nc1)NO. The molecule has 0 aliphatic carbocycles. The number of amides is 2. The topological polar surface area (TPSA) is 116 Å². The molecule has 1 aromatic carbocycles. The number of anilines is 1. The molecule has 3 rings (SSSR count). The van der Waals surface area contributed by atoms with Gasteiger partial charge in [-0.2, -0.15) is 0 Å². The van der Waals surface area contributed by atoms with Crippen molar-refractivity contribution in [3.8, 4) is 0 Å². The van der Waals surface area contributed by atoms with Gasteiger partial charge in [-0.3, -0.25) is 14.8 Å². The maximum Gasteiger partial charge on any atom is 0.254 e. The monoisotopic (exact) mass is 397 g/mol. The standard InChI is InChI=1S/C21H27N5O3/c27-19(26-29)9-3-1-2-6-12-22-21(28)16-13-23-20(24-14-16)18-11-10-15-7-4-5-8-17(15)25-18/h4-5,7-8,13-14,18,25,29H,1-3,6,9-12H2,(H,22,28)(H,26,27). The quantitative estimate of drug-likeness (QED) is 0.294. The van der Waals surface area contributed by atoms with E-state index in [2.05, 4.69) is 32.7 Å². The number of hydroxylamine groups is 1. The number of unbranched alkanes of at least 4 members (excludes halogenated alkanes) is 3. The molecule has 1 aromatic heterocycles. The number of aryl methyl sites for hydroxylation is 1. The number of rotatable bonds is 9. The highest BCUT2D eigenvalue weighted by Gasteiger charge is 2.21. The second kappa shape index (κ2) is 10.5. The Labute approximate surface area is 170 Å². The van der Waals surface area contributed by atoms with Crippen molar-refractivity contribution in [2.24, 2.45) is 0 Å². The van der Waals surface area contributed by atoms with Gasteiger partial charge in [0.05, 0.1) is 11.6 Å². The molecule has 0 fully saturated rings. The molecule has 0 radical (unpaired) electrons. The fourth-order valence-electron chi connectivity index (χ4n) is 3.39. The fraction of sp³-hybridized carbons (Fsp3) is 0.429. The molecule has 29 heavy (non-hydrogen) atoms. The highest BCUT2D eigenvalue weighted by atomic mass is 16.5. The zero-order chi connectivity index (χ0) is 20.5. The molecular weight excluding hydrogens is 370 g/mol. The molecule has 8 heteroatoms. The molecule has 8 nitrogen and oxygen atoms in total. The molecule has 154 valence electrons. The normalized spacial score (nSPS) is 15.1. The van der Waals surface area contributed by atoms with E-state index in [4.69, 9.17) is 5.21 Å². The van der Waals surface area contributed by atoms with Crippen molar-refractivity contribution in [1.29, 1.82) is 0 Å². The first-order valence-electron chi connectivity index (χ1n) is 10.0. The lowest BCUT2D eigenvalue weighted by Gasteiger charge is -2.25. The Kier molecular flexibility index (Phi) is 7.52. The molecule has 1 aliphatic rings. The first-order valence-corrected chi connectivity index (χ1v) is 10.0. The van der Waals surface area contributed by atoms with Crippen molar-refractivity contribution in [3.05, 3.63) is 53.6 Å². The average molecular weight is 397 g/mol. The van der Waals surface area contributed by atoms with Gasteiger partial charge in [-0.05, 0) is 37.3 Å². The lowest BCUT2D eigenvalue weighted by Crippen LogP contribution is -2.25. The summed E-state index contributed by atoms with van der Waals surface area (Å²) in [6, 6.07) is 8.29. The summed E-state index contributed by atoms with van der Waals surface area (Å²) < 4.78 is 0. The third-order valence-corrected chi connectivity index (χ3v) is 5.04. The Morgan fingerprint density at radius 1 is 1.10 bits per heavy atom. The summed E-state index contributed by atoms with van der Waals surface area (Å²) in [4.78, 5) is 31.9. The van der Waals surface area contributed by atoms with Crippen molar-refractivity contribution in [2.75, 3.05) is 11.9 Å². The van der Waals surface area contributed by atoms with Crippen molar-refractivity contribution in [1.82, 2.24) is 20.8 Å². The van der Waals surface area contributed by atoms with Gasteiger partial charge in [-0.1, -0.05) is 31.0 Å². The van der Waals surface area contributed by atoms with E-state index in [1.165, 1.54) is 5.56 Å². The summed E-state index contributed by atoms with van der Waals surface area (Å²) in [5, 5.41) is 14.7. The first-order chi connectivity index (χ1) is 14.2. The van der Waals surface area contributed by atoms with Crippen molar-refractivity contribution in [2.45, 2.75) is 51.0 Å². The molecule has 0 saturated heterocycles. The predicted octanol–water partition coefficient (Wildman–Crippen LogP) is 2.76. The summed E-state index contributed by atoms with van der Waals surface area (Å²) in [5.74, 6) is 0.149. The summed E-state index contributed by atoms with van der Waals surface area (Å²) in [7, 11) is 0. The summed E-state index contributed by atoms with van der Waals surface area (Å²) in [6.45, 7) is 0.563. The van der Waals surface area contributed by atoms with E-state index in [1.54, 1.807) is 17.9 Å². The zero-order valence-corrected chi connectivity index (χ0v) is 16.4. The molecule has 2 heterocycles. The minimum atomic E-state index is -0.366. The third kappa shape index (κ3) is 5.99. The number of hydrogen-bond donors (Lipinski definition) is 4. The minimum absolute atomic E-state index is 0.0509. The van der Waals surface area contributed by atoms with E-state index >= 15 is 0 Å². The second-order valence-electron chi connectivity index (χ2n) is 7.18. The highest BCUT2D eigenvalue weighted by molar-refractivity contribution is 5.93. The van der Waals surface area contributed by atoms with Crippen LogP contribution < -0.4 is 16.1 Å². The third-order valence-electron chi connectivity index (χ3n) is 5.04. The van der Waals surface area contributed by atoms with Crippen LogP contribution in [0.4, 0.5) is 5.69 Å². The number of benzene rings is 1. The van der Waals surface area contributed by atoms with Crippen molar-refractivity contribution >= 4 is 17.5 Å². The number of aromatic nitrogens is 2. The molecule has 1 atom stereocenters. The van der Waals surface area contributed by atoms with Crippen LogP contribution in [0.2, 0.25) is 0 Å². The van der Waals surface area contributed by atoms with E-state index in [-0.39, 0.29) is 17.9 Å². The summed E-state index contributed by atoms with van der Waals surface area (Å²) >= 11 is 0. The van der Waals surface area contributed by atoms with Crippen LogP contribution in [0, 0.1) is 0 Å². The van der Waals surface area contributed by atoms with Crippen LogP contribution >= 0.6 is 0 Å². The summed E-state index contributed by atoms with van der Waals surface area (Å²) in [5.41, 5.74) is 4.49. The van der Waals surface area contributed by atoms with Gasteiger partial charge in [-0.25, -0.2) is 15.4 Å². The van der Waals surface area contributed by atoms with Gasteiger partial charge in [0.15, 0.2) is 0 Å². The second-order valence-corrected chi connectivity index (χ2v) is 7.18. The van der Waals surface area contributed by atoms with Gasteiger partial charge in [0.2, 0.25) is 5.91 Å². The number of carbonyl (C=O) groups is 2. The van der Waals surface area contributed by atoms with E-state index in [0.717, 1.165) is 44.2 Å². The maximum absolute atomic E-state index is 12.2. The number of para-hydroxylation sites is 1. The van der Waals surface area contributed by atoms with Crippen LogP contribution in [0.1, 0.15) is 66.3 Å². The van der Waals surface area contributed by atoms with Crippen LogP contribution in [0.5, 0.6) is 0 Å². The van der Waals surface area contributed by atoms with E-state index in [9.17, 15) is 9.59 Å².